The topological polar surface area (TPSA) is 12.9 Å². The molecule has 0 saturated heterocycles. The van der Waals surface area contributed by atoms with E-state index in [1.54, 1.807) is 0 Å². The van der Waals surface area contributed by atoms with Gasteiger partial charge in [-0.1, -0.05) is 176 Å². The molecule has 1 aliphatic carbocycles. The number of benzene rings is 7. The van der Waals surface area contributed by atoms with Crippen LogP contribution in [0.5, 0.6) is 0 Å². The van der Waals surface area contributed by atoms with Crippen molar-refractivity contribution in [2.24, 2.45) is 0 Å². The summed E-state index contributed by atoms with van der Waals surface area (Å²) in [5.74, 6) is 0. The van der Waals surface area contributed by atoms with E-state index in [-0.39, 0.29) is 0 Å². The summed E-state index contributed by atoms with van der Waals surface area (Å²) >= 11 is 0. The molecule has 0 atom stereocenters. The van der Waals surface area contributed by atoms with Gasteiger partial charge in [-0.2, -0.15) is 0 Å². The van der Waals surface area contributed by atoms with E-state index >= 15 is 0 Å². The quantitative estimate of drug-likeness (QED) is 0.180. The molecule has 230 valence electrons. The zero-order chi connectivity index (χ0) is 32.6. The van der Waals surface area contributed by atoms with Gasteiger partial charge in [0, 0.05) is 11.1 Å². The van der Waals surface area contributed by atoms with Crippen molar-refractivity contribution in [1.29, 1.82) is 0 Å². The van der Waals surface area contributed by atoms with Crippen molar-refractivity contribution in [3.8, 4) is 55.9 Å². The SMILES string of the molecule is c1ccc(-c2cc(-c3cccc(-c4ccc5c(c4)-c4ccccc4C5(c4ccccc4)c4ccccc4)c3)cc(-c3ccccc3)n2)cc1. The monoisotopic (exact) mass is 623 g/mol. The van der Waals surface area contributed by atoms with E-state index < -0.39 is 5.41 Å². The van der Waals surface area contributed by atoms with E-state index in [9.17, 15) is 0 Å². The van der Waals surface area contributed by atoms with Crippen LogP contribution in [0.25, 0.3) is 55.9 Å². The summed E-state index contributed by atoms with van der Waals surface area (Å²) in [5, 5.41) is 0. The molecule has 0 aliphatic heterocycles. The minimum Gasteiger partial charge on any atom is -0.248 e. The first-order valence-electron chi connectivity index (χ1n) is 16.9. The summed E-state index contributed by atoms with van der Waals surface area (Å²) in [6.07, 6.45) is 0. The molecule has 1 nitrogen and oxygen atoms in total. The molecule has 0 radical (unpaired) electrons. The lowest BCUT2D eigenvalue weighted by Gasteiger charge is -2.33. The minimum absolute atomic E-state index is 0.395. The predicted molar refractivity (Wildman–Crippen MR) is 203 cm³/mol. The minimum atomic E-state index is -0.395. The number of nitrogens with zero attached hydrogens (tertiary/aromatic N) is 1. The van der Waals surface area contributed by atoms with E-state index in [0.29, 0.717) is 0 Å². The lowest BCUT2D eigenvalue weighted by Crippen LogP contribution is -2.28. The van der Waals surface area contributed by atoms with Gasteiger partial charge < -0.3 is 0 Å². The summed E-state index contributed by atoms with van der Waals surface area (Å²) in [6, 6.07) is 72.2. The van der Waals surface area contributed by atoms with Gasteiger partial charge in [0.25, 0.3) is 0 Å². The summed E-state index contributed by atoms with van der Waals surface area (Å²) in [6.45, 7) is 0. The average molecular weight is 624 g/mol. The van der Waals surface area contributed by atoms with E-state index in [1.165, 1.54) is 44.5 Å². The summed E-state index contributed by atoms with van der Waals surface area (Å²) in [7, 11) is 0. The highest BCUT2D eigenvalue weighted by Gasteiger charge is 2.45. The van der Waals surface area contributed by atoms with Crippen molar-refractivity contribution in [1.82, 2.24) is 4.98 Å². The molecule has 0 bridgehead atoms. The number of aromatic nitrogens is 1. The first kappa shape index (κ1) is 28.9. The van der Waals surface area contributed by atoms with Crippen molar-refractivity contribution in [3.05, 3.63) is 222 Å². The second kappa shape index (κ2) is 12.0. The Morgan fingerprint density at radius 3 is 1.33 bits per heavy atom. The van der Waals surface area contributed by atoms with Crippen LogP contribution in [-0.4, -0.2) is 4.98 Å². The van der Waals surface area contributed by atoms with Crippen molar-refractivity contribution < 1.29 is 0 Å². The Morgan fingerprint density at radius 1 is 0.286 bits per heavy atom. The molecule has 0 unspecified atom stereocenters. The van der Waals surface area contributed by atoms with Gasteiger partial charge in [0.2, 0.25) is 0 Å². The third-order valence-electron chi connectivity index (χ3n) is 9.95. The highest BCUT2D eigenvalue weighted by Crippen LogP contribution is 2.56. The van der Waals surface area contributed by atoms with Crippen molar-refractivity contribution in [3.63, 3.8) is 0 Å². The normalized spacial score (nSPS) is 12.7. The highest BCUT2D eigenvalue weighted by molar-refractivity contribution is 5.89. The fraction of sp³-hybridized carbons (Fsp3) is 0.0208. The lowest BCUT2D eigenvalue weighted by molar-refractivity contribution is 0.768. The second-order valence-corrected chi connectivity index (χ2v) is 12.7. The lowest BCUT2D eigenvalue weighted by atomic mass is 9.67. The van der Waals surface area contributed by atoms with Gasteiger partial charge in [0.05, 0.1) is 16.8 Å². The first-order valence-corrected chi connectivity index (χ1v) is 16.9. The van der Waals surface area contributed by atoms with Crippen LogP contribution >= 0.6 is 0 Å². The number of hydrogen-bond donors (Lipinski definition) is 0. The Bertz CT molecular complexity index is 2320. The Morgan fingerprint density at radius 2 is 0.735 bits per heavy atom. The fourth-order valence-corrected chi connectivity index (χ4v) is 7.72. The average Bonchev–Trinajstić information content (AvgIpc) is 3.49. The van der Waals surface area contributed by atoms with Crippen LogP contribution in [-0.2, 0) is 5.41 Å². The molecule has 8 aromatic rings. The van der Waals surface area contributed by atoms with Gasteiger partial charge in [-0.25, -0.2) is 4.98 Å². The summed E-state index contributed by atoms with van der Waals surface area (Å²) < 4.78 is 0. The molecule has 1 aliphatic rings. The standard InChI is InChI=1S/C48H33N/c1-5-16-34(17-6-1)46-32-39(33-47(49-46)35-18-7-2-8-19-35)37-21-15-20-36(30-37)38-28-29-45-43(31-38)42-26-13-14-27-44(42)48(45,40-22-9-3-10-23-40)41-24-11-4-12-25-41/h1-33H. The zero-order valence-electron chi connectivity index (χ0n) is 27.0. The number of hydrogen-bond acceptors (Lipinski definition) is 1. The second-order valence-electron chi connectivity index (χ2n) is 12.7. The maximum atomic E-state index is 5.10. The molecule has 1 aromatic heterocycles. The van der Waals surface area contributed by atoms with Crippen LogP contribution < -0.4 is 0 Å². The highest BCUT2D eigenvalue weighted by atomic mass is 14.7. The largest absolute Gasteiger partial charge is 0.248 e. The van der Waals surface area contributed by atoms with E-state index in [0.717, 1.165) is 33.6 Å². The molecule has 9 rings (SSSR count). The number of pyridine rings is 1. The fourth-order valence-electron chi connectivity index (χ4n) is 7.72. The van der Waals surface area contributed by atoms with Crippen molar-refractivity contribution in [2.45, 2.75) is 5.41 Å². The van der Waals surface area contributed by atoms with Gasteiger partial charge in [0.15, 0.2) is 0 Å². The van der Waals surface area contributed by atoms with Gasteiger partial charge in [-0.3, -0.25) is 0 Å². The molecule has 49 heavy (non-hydrogen) atoms. The van der Waals surface area contributed by atoms with Gasteiger partial charge in [0.1, 0.15) is 0 Å². The molecular formula is C48H33N. The maximum absolute atomic E-state index is 5.10. The first-order chi connectivity index (χ1) is 24.3. The summed E-state index contributed by atoms with van der Waals surface area (Å²) in [4.78, 5) is 5.10. The third-order valence-corrected chi connectivity index (χ3v) is 9.95. The Hall–Kier alpha value is -6.31. The van der Waals surface area contributed by atoms with Crippen molar-refractivity contribution >= 4 is 0 Å². The maximum Gasteiger partial charge on any atom is 0.0715 e. The molecule has 7 aromatic carbocycles. The molecule has 0 saturated carbocycles. The summed E-state index contributed by atoms with van der Waals surface area (Å²) in [5.41, 5.74) is 16.2. The Kier molecular flexibility index (Phi) is 7.10. The predicted octanol–water partition coefficient (Wildman–Crippen LogP) is 12.1. The van der Waals surface area contributed by atoms with Crippen LogP contribution in [0.15, 0.2) is 200 Å². The van der Waals surface area contributed by atoms with Crippen LogP contribution in [0.1, 0.15) is 22.3 Å². The van der Waals surface area contributed by atoms with Gasteiger partial charge >= 0.3 is 0 Å². The van der Waals surface area contributed by atoms with Crippen LogP contribution in [0, 0.1) is 0 Å². The molecule has 0 fully saturated rings. The third kappa shape index (κ3) is 4.91. The molecular weight excluding hydrogens is 591 g/mol. The molecule has 0 spiro atoms. The van der Waals surface area contributed by atoms with Crippen molar-refractivity contribution in [2.75, 3.05) is 0 Å². The van der Waals surface area contributed by atoms with E-state index in [2.05, 4.69) is 188 Å². The van der Waals surface area contributed by atoms with Crippen LogP contribution in [0.4, 0.5) is 0 Å². The van der Waals surface area contributed by atoms with Gasteiger partial charge in [-0.15, -0.1) is 0 Å². The van der Waals surface area contributed by atoms with Crippen LogP contribution in [0.3, 0.4) is 0 Å². The molecule has 0 amide bonds. The molecule has 0 N–H and O–H groups in total. The Balaban J connectivity index is 1.20. The Labute approximate surface area is 287 Å². The van der Waals surface area contributed by atoms with Crippen LogP contribution in [0.2, 0.25) is 0 Å². The number of rotatable bonds is 6. The smallest absolute Gasteiger partial charge is 0.0715 e. The number of fused-ring (bicyclic) bond motifs is 3. The van der Waals surface area contributed by atoms with Gasteiger partial charge in [-0.05, 0) is 79.9 Å². The van der Waals surface area contributed by atoms with E-state index in [4.69, 9.17) is 4.98 Å². The zero-order valence-corrected chi connectivity index (χ0v) is 27.0. The molecule has 1 heteroatoms. The van der Waals surface area contributed by atoms with E-state index in [1.807, 2.05) is 12.1 Å². The molecule has 1 heterocycles.